The van der Waals surface area contributed by atoms with Crippen molar-refractivity contribution in [2.24, 2.45) is 0 Å². The van der Waals surface area contributed by atoms with E-state index in [4.69, 9.17) is 4.74 Å². The maximum Gasteiger partial charge on any atom is 0.262 e. The molecule has 1 aliphatic rings. The van der Waals surface area contributed by atoms with Gasteiger partial charge in [0.25, 0.3) is 5.91 Å². The standard InChI is InChI=1S/C11H14BrN3O4S/c1-13-2-3-14-20(17,18)10-5-9-8(4-7(10)12)15-11(16)6-19-9/h4-5,13-14H,2-3,6H2,1H3,(H,15,16). The molecule has 0 saturated heterocycles. The normalized spacial score (nSPS) is 14.4. The third-order valence-corrected chi connectivity index (χ3v) is 5.04. The summed E-state index contributed by atoms with van der Waals surface area (Å²) < 4.78 is 32.4. The fourth-order valence-electron chi connectivity index (χ4n) is 1.68. The SMILES string of the molecule is CNCCNS(=O)(=O)c1cc2c(cc1Br)NC(=O)CO2. The minimum absolute atomic E-state index is 0.0727. The minimum Gasteiger partial charge on any atom is -0.482 e. The molecule has 0 fully saturated rings. The zero-order chi connectivity index (χ0) is 14.8. The quantitative estimate of drug-likeness (QED) is 0.652. The molecule has 9 heteroatoms. The van der Waals surface area contributed by atoms with Crippen molar-refractivity contribution in [3.8, 4) is 5.75 Å². The van der Waals surface area contributed by atoms with Crippen molar-refractivity contribution in [2.45, 2.75) is 4.90 Å². The van der Waals surface area contributed by atoms with Crippen LogP contribution in [0.4, 0.5) is 5.69 Å². The lowest BCUT2D eigenvalue weighted by atomic mass is 10.2. The zero-order valence-electron chi connectivity index (χ0n) is 10.7. The molecule has 1 amide bonds. The topological polar surface area (TPSA) is 96.5 Å². The number of ether oxygens (including phenoxy) is 1. The van der Waals surface area contributed by atoms with Crippen molar-refractivity contribution < 1.29 is 17.9 Å². The molecule has 7 nitrogen and oxygen atoms in total. The highest BCUT2D eigenvalue weighted by molar-refractivity contribution is 9.10. The number of sulfonamides is 1. The van der Waals surface area contributed by atoms with Crippen molar-refractivity contribution in [1.29, 1.82) is 0 Å². The van der Waals surface area contributed by atoms with E-state index >= 15 is 0 Å². The van der Waals surface area contributed by atoms with Gasteiger partial charge in [0.2, 0.25) is 10.0 Å². The predicted octanol–water partition coefficient (Wildman–Crippen LogP) is 0.278. The van der Waals surface area contributed by atoms with Crippen LogP contribution >= 0.6 is 15.9 Å². The van der Waals surface area contributed by atoms with E-state index in [0.29, 0.717) is 22.5 Å². The highest BCUT2D eigenvalue weighted by Crippen LogP contribution is 2.35. The number of nitrogens with one attached hydrogen (secondary N) is 3. The molecular weight excluding hydrogens is 350 g/mol. The number of carbonyl (C=O) groups excluding carboxylic acids is 1. The van der Waals surface area contributed by atoms with Gasteiger partial charge in [0, 0.05) is 23.6 Å². The molecule has 0 spiro atoms. The second kappa shape index (κ2) is 6.08. The van der Waals surface area contributed by atoms with Crippen molar-refractivity contribution in [3.63, 3.8) is 0 Å². The molecule has 0 unspecified atom stereocenters. The van der Waals surface area contributed by atoms with Crippen LogP contribution in [0.15, 0.2) is 21.5 Å². The number of halogens is 1. The summed E-state index contributed by atoms with van der Waals surface area (Å²) in [5.74, 6) is 0.0638. The van der Waals surface area contributed by atoms with E-state index in [1.54, 1.807) is 7.05 Å². The van der Waals surface area contributed by atoms with Gasteiger partial charge in [-0.1, -0.05) is 0 Å². The van der Waals surface area contributed by atoms with Crippen LogP contribution in [0.2, 0.25) is 0 Å². The molecule has 1 aromatic carbocycles. The van der Waals surface area contributed by atoms with Crippen LogP contribution in [0.25, 0.3) is 0 Å². The summed E-state index contributed by atoms with van der Waals surface area (Å²) in [7, 11) is -1.90. The van der Waals surface area contributed by atoms with Gasteiger partial charge in [-0.15, -0.1) is 0 Å². The van der Waals surface area contributed by atoms with Crippen LogP contribution in [0.1, 0.15) is 0 Å². The fourth-order valence-corrected chi connectivity index (χ4v) is 3.76. The van der Waals surface area contributed by atoms with Gasteiger partial charge in [0.05, 0.1) is 10.6 Å². The Morgan fingerprint density at radius 2 is 2.15 bits per heavy atom. The Morgan fingerprint density at radius 3 is 2.85 bits per heavy atom. The van der Waals surface area contributed by atoms with E-state index in [-0.39, 0.29) is 24.0 Å². The molecular formula is C11H14BrN3O4S. The van der Waals surface area contributed by atoms with Crippen LogP contribution < -0.4 is 20.1 Å². The first kappa shape index (κ1) is 15.2. The lowest BCUT2D eigenvalue weighted by Gasteiger charge is -2.19. The van der Waals surface area contributed by atoms with Crippen LogP contribution in [-0.2, 0) is 14.8 Å². The molecule has 110 valence electrons. The number of anilines is 1. The lowest BCUT2D eigenvalue weighted by molar-refractivity contribution is -0.118. The second-order valence-electron chi connectivity index (χ2n) is 4.12. The fraction of sp³-hybridized carbons (Fsp3) is 0.364. The van der Waals surface area contributed by atoms with Crippen LogP contribution in [0.5, 0.6) is 5.75 Å². The molecule has 0 bridgehead atoms. The molecule has 3 N–H and O–H groups in total. The van der Waals surface area contributed by atoms with E-state index in [2.05, 4.69) is 31.3 Å². The van der Waals surface area contributed by atoms with Gasteiger partial charge >= 0.3 is 0 Å². The summed E-state index contributed by atoms with van der Waals surface area (Å²) in [6.07, 6.45) is 0. The van der Waals surface area contributed by atoms with Gasteiger partial charge in [0.1, 0.15) is 5.75 Å². The maximum absolute atomic E-state index is 12.2. The molecule has 1 aromatic rings. The number of fused-ring (bicyclic) bond motifs is 1. The number of benzene rings is 1. The van der Waals surface area contributed by atoms with E-state index in [9.17, 15) is 13.2 Å². The molecule has 1 heterocycles. The summed E-state index contributed by atoms with van der Waals surface area (Å²) in [5, 5.41) is 5.46. The van der Waals surface area contributed by atoms with Gasteiger partial charge < -0.3 is 15.4 Å². The summed E-state index contributed by atoms with van der Waals surface area (Å²) >= 11 is 3.20. The van der Waals surface area contributed by atoms with Crippen LogP contribution in [0, 0.1) is 0 Å². The maximum atomic E-state index is 12.2. The molecule has 0 radical (unpaired) electrons. The third kappa shape index (κ3) is 3.29. The Morgan fingerprint density at radius 1 is 1.40 bits per heavy atom. The monoisotopic (exact) mass is 363 g/mol. The minimum atomic E-state index is -3.64. The van der Waals surface area contributed by atoms with Crippen LogP contribution in [-0.4, -0.2) is 41.1 Å². The van der Waals surface area contributed by atoms with Crippen molar-refractivity contribution in [2.75, 3.05) is 32.1 Å². The Labute approximate surface area is 125 Å². The number of likely N-dealkylation sites (N-methyl/N-ethyl adjacent to an activating group) is 1. The average Bonchev–Trinajstić information content (AvgIpc) is 2.37. The first-order valence-corrected chi connectivity index (χ1v) is 8.12. The lowest BCUT2D eigenvalue weighted by Crippen LogP contribution is -2.31. The number of hydrogen-bond donors (Lipinski definition) is 3. The van der Waals surface area contributed by atoms with Gasteiger partial charge in [-0.2, -0.15) is 0 Å². The Hall–Kier alpha value is -1.16. The Kier molecular flexibility index (Phi) is 4.63. The number of hydrogen-bond acceptors (Lipinski definition) is 5. The molecule has 20 heavy (non-hydrogen) atoms. The molecule has 0 aliphatic carbocycles. The summed E-state index contributed by atoms with van der Waals surface area (Å²) in [5.41, 5.74) is 0.447. The van der Waals surface area contributed by atoms with Gasteiger partial charge in [0.15, 0.2) is 6.61 Å². The van der Waals surface area contributed by atoms with Gasteiger partial charge in [-0.3, -0.25) is 4.79 Å². The van der Waals surface area contributed by atoms with Crippen molar-refractivity contribution >= 4 is 37.5 Å². The average molecular weight is 364 g/mol. The highest BCUT2D eigenvalue weighted by Gasteiger charge is 2.23. The second-order valence-corrected chi connectivity index (χ2v) is 6.71. The summed E-state index contributed by atoms with van der Waals surface area (Å²) in [4.78, 5) is 11.3. The third-order valence-electron chi connectivity index (χ3n) is 2.62. The molecule has 1 aliphatic heterocycles. The smallest absolute Gasteiger partial charge is 0.262 e. The van der Waals surface area contributed by atoms with E-state index < -0.39 is 10.0 Å². The van der Waals surface area contributed by atoms with E-state index in [0.717, 1.165) is 0 Å². The predicted molar refractivity (Wildman–Crippen MR) is 77.4 cm³/mol. The van der Waals surface area contributed by atoms with Crippen molar-refractivity contribution in [1.82, 2.24) is 10.0 Å². The Balaban J connectivity index is 2.31. The largest absolute Gasteiger partial charge is 0.482 e. The first-order valence-electron chi connectivity index (χ1n) is 5.84. The van der Waals surface area contributed by atoms with Gasteiger partial charge in [-0.05, 0) is 29.0 Å². The summed E-state index contributed by atoms with van der Waals surface area (Å²) in [6, 6.07) is 2.90. The number of carbonyl (C=O) groups is 1. The van der Waals surface area contributed by atoms with E-state index in [1.807, 2.05) is 0 Å². The molecule has 0 atom stereocenters. The van der Waals surface area contributed by atoms with Crippen LogP contribution in [0.3, 0.4) is 0 Å². The Bertz CT molecular complexity index is 633. The van der Waals surface area contributed by atoms with Crippen molar-refractivity contribution in [3.05, 3.63) is 16.6 Å². The van der Waals surface area contributed by atoms with Gasteiger partial charge in [-0.25, -0.2) is 13.1 Å². The highest BCUT2D eigenvalue weighted by atomic mass is 79.9. The zero-order valence-corrected chi connectivity index (χ0v) is 13.1. The molecule has 2 rings (SSSR count). The number of amides is 1. The van der Waals surface area contributed by atoms with E-state index in [1.165, 1.54) is 12.1 Å². The summed E-state index contributed by atoms with van der Waals surface area (Å²) in [6.45, 7) is 0.676. The number of rotatable bonds is 5. The molecule has 0 aromatic heterocycles. The first-order chi connectivity index (χ1) is 9.44. The molecule has 0 saturated carbocycles.